The van der Waals surface area contributed by atoms with Crippen LogP contribution in [-0.2, 0) is 26.6 Å². The number of benzene rings is 2. The van der Waals surface area contributed by atoms with Gasteiger partial charge < -0.3 is 15.1 Å². The Balaban J connectivity index is 1.68. The van der Waals surface area contributed by atoms with Crippen molar-refractivity contribution >= 4 is 29.2 Å². The zero-order valence-electron chi connectivity index (χ0n) is 19.1. The van der Waals surface area contributed by atoms with Crippen molar-refractivity contribution in [2.45, 2.75) is 39.4 Å². The molecule has 172 valence electrons. The smallest absolute Gasteiger partial charge is 0.317 e. The molecule has 3 amide bonds. The van der Waals surface area contributed by atoms with Gasteiger partial charge in [-0.25, -0.2) is 4.79 Å². The van der Waals surface area contributed by atoms with Crippen molar-refractivity contribution in [3.8, 4) is 0 Å². The minimum absolute atomic E-state index is 0.0640. The molecule has 4 rings (SSSR count). The fourth-order valence-electron chi connectivity index (χ4n) is 4.13. The molecule has 0 spiro atoms. The molecular formula is C25H28ClN5O2. The van der Waals surface area contributed by atoms with E-state index >= 15 is 0 Å². The summed E-state index contributed by atoms with van der Waals surface area (Å²) in [4.78, 5) is 29.7. The number of nitrogens with zero attached hydrogens (tertiary/aromatic N) is 4. The third kappa shape index (κ3) is 4.88. The monoisotopic (exact) mass is 465 g/mol. The minimum Gasteiger partial charge on any atom is -0.336 e. The molecular weight excluding hydrogens is 438 g/mol. The molecule has 0 radical (unpaired) electrons. The molecule has 1 N–H and O–H groups in total. The van der Waals surface area contributed by atoms with Gasteiger partial charge in [-0.3, -0.25) is 9.48 Å². The third-order valence-electron chi connectivity index (χ3n) is 5.75. The topological polar surface area (TPSA) is 70.5 Å². The van der Waals surface area contributed by atoms with Crippen LogP contribution in [0.4, 0.5) is 10.5 Å². The van der Waals surface area contributed by atoms with Crippen LogP contribution in [0, 0.1) is 0 Å². The van der Waals surface area contributed by atoms with E-state index in [0.29, 0.717) is 30.1 Å². The average Bonchev–Trinajstić information content (AvgIpc) is 3.12. The maximum atomic E-state index is 13.6. The van der Waals surface area contributed by atoms with Crippen LogP contribution in [0.1, 0.15) is 41.2 Å². The Hall–Kier alpha value is -3.32. The molecule has 0 saturated heterocycles. The van der Waals surface area contributed by atoms with Gasteiger partial charge in [0.1, 0.15) is 0 Å². The van der Waals surface area contributed by atoms with Gasteiger partial charge in [-0.15, -0.1) is 0 Å². The van der Waals surface area contributed by atoms with Gasteiger partial charge in [0.15, 0.2) is 0 Å². The summed E-state index contributed by atoms with van der Waals surface area (Å²) >= 11 is 6.35. The highest BCUT2D eigenvalue weighted by molar-refractivity contribution is 6.34. The number of carbonyl (C=O) groups is 2. The number of rotatable bonds is 5. The molecule has 0 unspecified atom stereocenters. The second kappa shape index (κ2) is 9.67. The molecule has 2 aromatic carbocycles. The molecule has 1 aromatic heterocycles. The van der Waals surface area contributed by atoms with Gasteiger partial charge in [0.25, 0.3) is 5.91 Å². The molecule has 33 heavy (non-hydrogen) atoms. The van der Waals surface area contributed by atoms with Gasteiger partial charge in [-0.05, 0) is 38.1 Å². The summed E-state index contributed by atoms with van der Waals surface area (Å²) in [5.74, 6) is -0.198. The average molecular weight is 466 g/mol. The fraction of sp³-hybridized carbons (Fsp3) is 0.320. The van der Waals surface area contributed by atoms with Crippen LogP contribution in [-0.4, -0.2) is 39.2 Å². The maximum absolute atomic E-state index is 13.6. The predicted molar refractivity (Wildman–Crippen MR) is 129 cm³/mol. The summed E-state index contributed by atoms with van der Waals surface area (Å²) in [6.07, 6.45) is 0.716. The van der Waals surface area contributed by atoms with Crippen molar-refractivity contribution in [3.05, 3.63) is 82.1 Å². The first-order valence-electron chi connectivity index (χ1n) is 11.1. The zero-order valence-corrected chi connectivity index (χ0v) is 19.8. The minimum atomic E-state index is -0.198. The molecule has 0 atom stereocenters. The van der Waals surface area contributed by atoms with Crippen LogP contribution in [0.15, 0.2) is 54.6 Å². The van der Waals surface area contributed by atoms with Crippen molar-refractivity contribution in [3.63, 3.8) is 0 Å². The number of carbonyl (C=O) groups excluding carboxylic acids is 2. The number of nitrogens with one attached hydrogen (secondary N) is 1. The van der Waals surface area contributed by atoms with Gasteiger partial charge in [-0.1, -0.05) is 41.9 Å². The van der Waals surface area contributed by atoms with Crippen LogP contribution >= 0.6 is 11.6 Å². The normalized spacial score (nSPS) is 13.1. The molecule has 7 nitrogen and oxygen atoms in total. The second-order valence-corrected chi connectivity index (χ2v) is 8.89. The van der Waals surface area contributed by atoms with Crippen molar-refractivity contribution < 1.29 is 9.59 Å². The number of amides is 3. The third-order valence-corrected chi connectivity index (χ3v) is 6.08. The fourth-order valence-corrected chi connectivity index (χ4v) is 4.34. The molecule has 0 fully saturated rings. The number of urea groups is 1. The lowest BCUT2D eigenvalue weighted by atomic mass is 10.0. The Morgan fingerprint density at radius 2 is 1.82 bits per heavy atom. The number of hydrogen-bond acceptors (Lipinski definition) is 3. The number of para-hydroxylation sites is 1. The lowest BCUT2D eigenvalue weighted by Crippen LogP contribution is -2.45. The molecule has 0 saturated carbocycles. The summed E-state index contributed by atoms with van der Waals surface area (Å²) in [5, 5.41) is 8.11. The lowest BCUT2D eigenvalue weighted by Gasteiger charge is -2.29. The Bertz CT molecular complexity index is 1160. The number of fused-ring (bicyclic) bond motifs is 1. The van der Waals surface area contributed by atoms with E-state index in [9.17, 15) is 9.59 Å². The Labute approximate surface area is 198 Å². The Morgan fingerprint density at radius 3 is 2.52 bits per heavy atom. The van der Waals surface area contributed by atoms with E-state index in [1.165, 1.54) is 0 Å². The van der Waals surface area contributed by atoms with Crippen LogP contribution in [0.2, 0.25) is 5.02 Å². The summed E-state index contributed by atoms with van der Waals surface area (Å²) in [6, 6.07) is 16.5. The second-order valence-electron chi connectivity index (χ2n) is 8.48. The molecule has 0 aliphatic carbocycles. The number of halogens is 1. The van der Waals surface area contributed by atoms with Gasteiger partial charge in [0.2, 0.25) is 0 Å². The maximum Gasteiger partial charge on any atom is 0.317 e. The van der Waals surface area contributed by atoms with E-state index < -0.39 is 0 Å². The molecule has 2 heterocycles. The van der Waals surface area contributed by atoms with E-state index in [2.05, 4.69) is 5.32 Å². The van der Waals surface area contributed by atoms with Crippen LogP contribution in [0.3, 0.4) is 0 Å². The lowest BCUT2D eigenvalue weighted by molar-refractivity contribution is 0.0984. The predicted octanol–water partition coefficient (Wildman–Crippen LogP) is 4.40. The first-order chi connectivity index (χ1) is 15.8. The van der Waals surface area contributed by atoms with E-state index in [0.717, 1.165) is 22.6 Å². The van der Waals surface area contributed by atoms with Crippen LogP contribution in [0.25, 0.3) is 0 Å². The number of aromatic nitrogens is 2. The SMILES string of the molecule is CC(C)NC(=O)N1CCc2c(c(CN(C(=O)c3ccccc3Cl)c3ccccc3)nn2C)C1. The summed E-state index contributed by atoms with van der Waals surface area (Å²) in [6.45, 7) is 5.25. The van der Waals surface area contributed by atoms with E-state index in [4.69, 9.17) is 16.7 Å². The molecule has 1 aliphatic heterocycles. The van der Waals surface area contributed by atoms with Gasteiger partial charge in [0.05, 0.1) is 29.4 Å². The first-order valence-corrected chi connectivity index (χ1v) is 11.4. The number of anilines is 1. The van der Waals surface area contributed by atoms with Gasteiger partial charge >= 0.3 is 6.03 Å². The molecule has 3 aromatic rings. The zero-order chi connectivity index (χ0) is 23.5. The number of aryl methyl sites for hydroxylation is 1. The van der Waals surface area contributed by atoms with Crippen LogP contribution in [0.5, 0.6) is 0 Å². The highest BCUT2D eigenvalue weighted by Gasteiger charge is 2.29. The Kier molecular flexibility index (Phi) is 6.70. The molecule has 0 bridgehead atoms. The molecule has 1 aliphatic rings. The standard InChI is InChI=1S/C25H28ClN5O2/c1-17(2)27-25(33)30-14-13-23-20(15-30)22(28-29(23)3)16-31(18-9-5-4-6-10-18)24(32)19-11-7-8-12-21(19)26/h4-12,17H,13-16H2,1-3H3,(H,27,33). The first kappa shape index (κ1) is 22.9. The van der Waals surface area contributed by atoms with Crippen molar-refractivity contribution in [1.29, 1.82) is 0 Å². The van der Waals surface area contributed by atoms with E-state index in [1.54, 1.807) is 34.1 Å². The quantitative estimate of drug-likeness (QED) is 0.607. The highest BCUT2D eigenvalue weighted by Crippen LogP contribution is 2.27. The van der Waals surface area contributed by atoms with Gasteiger partial charge in [-0.2, -0.15) is 5.10 Å². The molecule has 8 heteroatoms. The largest absolute Gasteiger partial charge is 0.336 e. The van der Waals surface area contributed by atoms with Gasteiger partial charge in [0, 0.05) is 43.0 Å². The number of hydrogen-bond donors (Lipinski definition) is 1. The van der Waals surface area contributed by atoms with Crippen molar-refractivity contribution in [1.82, 2.24) is 20.0 Å². The van der Waals surface area contributed by atoms with Crippen LogP contribution < -0.4 is 10.2 Å². The summed E-state index contributed by atoms with van der Waals surface area (Å²) in [5.41, 5.74) is 4.06. The van der Waals surface area contributed by atoms with E-state index in [1.807, 2.05) is 55.9 Å². The van der Waals surface area contributed by atoms with E-state index in [-0.39, 0.29) is 24.5 Å². The summed E-state index contributed by atoms with van der Waals surface area (Å²) < 4.78 is 1.87. The van der Waals surface area contributed by atoms with Crippen molar-refractivity contribution in [2.24, 2.45) is 7.05 Å². The van der Waals surface area contributed by atoms with Crippen molar-refractivity contribution in [2.75, 3.05) is 11.4 Å². The Morgan fingerprint density at radius 1 is 1.12 bits per heavy atom. The summed E-state index contributed by atoms with van der Waals surface area (Å²) in [7, 11) is 1.91. The highest BCUT2D eigenvalue weighted by atomic mass is 35.5.